The van der Waals surface area contributed by atoms with Crippen molar-refractivity contribution in [3.8, 4) is 0 Å². The van der Waals surface area contributed by atoms with Crippen LogP contribution in [-0.4, -0.2) is 35.1 Å². The third-order valence-corrected chi connectivity index (χ3v) is 8.87. The maximum Gasteiger partial charge on any atom is 0.305 e. The lowest BCUT2D eigenvalue weighted by atomic mass is 9.83. The highest BCUT2D eigenvalue weighted by Crippen LogP contribution is 2.35. The highest BCUT2D eigenvalue weighted by molar-refractivity contribution is 6.32. The number of carboxylic acid groups (broad SMARTS) is 1. The summed E-state index contributed by atoms with van der Waals surface area (Å²) in [6.45, 7) is 0.0162. The molecule has 5 rings (SSSR count). The Morgan fingerprint density at radius 3 is 1.63 bits per heavy atom. The maximum absolute atomic E-state index is 13.9. The number of allylic oxidation sites excluding steroid dienone is 2. The molecule has 0 atom stereocenters. The zero-order valence-corrected chi connectivity index (χ0v) is 24.5. The molecule has 0 radical (unpaired) electrons. The molecule has 2 fully saturated rings. The van der Waals surface area contributed by atoms with Gasteiger partial charge in [-0.25, -0.2) is 0 Å². The average molecular weight is 578 g/mol. The number of nitrogens with one attached hydrogen (secondary N) is 1. The summed E-state index contributed by atoms with van der Waals surface area (Å²) < 4.78 is 0. The van der Waals surface area contributed by atoms with E-state index in [9.17, 15) is 19.2 Å². The lowest BCUT2D eigenvalue weighted by Gasteiger charge is -2.22. The van der Waals surface area contributed by atoms with E-state index in [1.807, 2.05) is 36.4 Å². The van der Waals surface area contributed by atoms with Crippen molar-refractivity contribution in [1.29, 1.82) is 0 Å². The van der Waals surface area contributed by atoms with E-state index in [-0.39, 0.29) is 24.5 Å². The minimum Gasteiger partial charge on any atom is -0.481 e. The molecule has 2 aliphatic rings. The molecule has 0 saturated heterocycles. The molecule has 6 heteroatoms. The molecule has 0 bridgehead atoms. The smallest absolute Gasteiger partial charge is 0.305 e. The van der Waals surface area contributed by atoms with Crippen molar-refractivity contribution < 1.29 is 24.3 Å². The first-order chi connectivity index (χ1) is 20.9. The summed E-state index contributed by atoms with van der Waals surface area (Å²) >= 11 is 0. The predicted octanol–water partition coefficient (Wildman–Crippen LogP) is 7.75. The fraction of sp³-hybridized carbons (Fsp3) is 0.351. The van der Waals surface area contributed by atoms with Crippen molar-refractivity contribution in [3.63, 3.8) is 0 Å². The number of rotatable bonds is 11. The Labute approximate surface area is 253 Å². The van der Waals surface area contributed by atoms with Crippen LogP contribution in [-0.2, 0) is 4.79 Å². The van der Waals surface area contributed by atoms with Crippen molar-refractivity contribution in [2.24, 2.45) is 0 Å². The first-order valence-electron chi connectivity index (χ1n) is 15.5. The predicted molar refractivity (Wildman–Crippen MR) is 168 cm³/mol. The molecule has 6 nitrogen and oxygen atoms in total. The fourth-order valence-corrected chi connectivity index (χ4v) is 6.36. The molecule has 3 aromatic rings. The van der Waals surface area contributed by atoms with E-state index in [2.05, 4.69) is 17.4 Å². The van der Waals surface area contributed by atoms with Gasteiger partial charge in [0.05, 0.1) is 6.42 Å². The second-order valence-corrected chi connectivity index (χ2v) is 11.8. The van der Waals surface area contributed by atoms with E-state index >= 15 is 0 Å². The highest BCUT2D eigenvalue weighted by Gasteiger charge is 2.21. The van der Waals surface area contributed by atoms with Crippen molar-refractivity contribution >= 4 is 29.0 Å². The van der Waals surface area contributed by atoms with Gasteiger partial charge in [0.25, 0.3) is 5.91 Å². The van der Waals surface area contributed by atoms with Gasteiger partial charge in [-0.2, -0.15) is 0 Å². The van der Waals surface area contributed by atoms with Gasteiger partial charge in [-0.05, 0) is 72.4 Å². The summed E-state index contributed by atoms with van der Waals surface area (Å²) in [5, 5.41) is 11.4. The third kappa shape index (κ3) is 7.75. The monoisotopic (exact) mass is 577 g/mol. The van der Waals surface area contributed by atoms with Crippen LogP contribution in [0.25, 0.3) is 5.57 Å². The van der Waals surface area contributed by atoms with Gasteiger partial charge < -0.3 is 10.4 Å². The molecule has 0 unspecified atom stereocenters. The van der Waals surface area contributed by atoms with Gasteiger partial charge in [0.15, 0.2) is 11.6 Å². The summed E-state index contributed by atoms with van der Waals surface area (Å²) in [5.74, 6) is -0.856. The third-order valence-electron chi connectivity index (χ3n) is 8.87. The number of Topliss-reactive ketones (excluding diaryl/α,β-unsaturated/α-hetero) is 1. The van der Waals surface area contributed by atoms with E-state index in [0.29, 0.717) is 39.7 Å². The molecule has 0 heterocycles. The van der Waals surface area contributed by atoms with E-state index in [1.165, 1.54) is 87.1 Å². The number of carbonyl (C=O) groups excluding carboxylic acids is 3. The van der Waals surface area contributed by atoms with Crippen LogP contribution in [0.2, 0.25) is 0 Å². The summed E-state index contributed by atoms with van der Waals surface area (Å²) in [6, 6.07) is 22.1. The van der Waals surface area contributed by atoms with Crippen molar-refractivity contribution in [1.82, 2.24) is 5.32 Å². The Hall–Kier alpha value is -4.32. The van der Waals surface area contributed by atoms with Crippen LogP contribution < -0.4 is 5.32 Å². The number of benzene rings is 3. The lowest BCUT2D eigenvalue weighted by molar-refractivity contribution is -0.136. The van der Waals surface area contributed by atoms with Gasteiger partial charge >= 0.3 is 5.97 Å². The summed E-state index contributed by atoms with van der Waals surface area (Å²) in [5.41, 5.74) is 4.73. The number of aliphatic carboxylic acids is 1. The molecule has 1 amide bonds. The van der Waals surface area contributed by atoms with Gasteiger partial charge in [-0.1, -0.05) is 92.8 Å². The molecule has 2 N–H and O–H groups in total. The topological polar surface area (TPSA) is 101 Å². The molecular formula is C37H39NO5. The second-order valence-electron chi connectivity index (χ2n) is 11.8. The first kappa shape index (κ1) is 30.1. The lowest BCUT2D eigenvalue weighted by Crippen LogP contribution is -2.26. The minimum atomic E-state index is -0.994. The standard InChI is InChI=1S/C37H39NO5/c39-34(30-16-12-28(13-17-30)26-8-4-5-9-26)24-33(29-14-10-27(11-15-29)25-6-2-1-3-7-25)36(42)31-18-20-32(21-19-31)37(43)38-23-22-35(40)41/h10-21,24-26H,1-9,22-23H2,(H,38,43)(H,40,41). The second kappa shape index (κ2) is 14.2. The van der Waals surface area contributed by atoms with Gasteiger partial charge in [-0.3, -0.25) is 19.2 Å². The number of hydrogen-bond donors (Lipinski definition) is 2. The molecule has 0 aliphatic heterocycles. The Bertz CT molecular complexity index is 1470. The van der Waals surface area contributed by atoms with Crippen LogP contribution in [0.1, 0.15) is 124 Å². The quantitative estimate of drug-likeness (QED) is 0.179. The number of amides is 1. The van der Waals surface area contributed by atoms with E-state index in [0.717, 1.165) is 0 Å². The Morgan fingerprint density at radius 1 is 0.628 bits per heavy atom. The fourth-order valence-electron chi connectivity index (χ4n) is 6.36. The summed E-state index contributed by atoms with van der Waals surface area (Å²) in [6.07, 6.45) is 12.2. The summed E-state index contributed by atoms with van der Waals surface area (Å²) in [4.78, 5) is 50.5. The van der Waals surface area contributed by atoms with Crippen molar-refractivity contribution in [2.45, 2.75) is 76.0 Å². The van der Waals surface area contributed by atoms with Crippen LogP contribution in [0.15, 0.2) is 78.9 Å². The normalized spacial score (nSPS) is 16.1. The highest BCUT2D eigenvalue weighted by atomic mass is 16.4. The largest absolute Gasteiger partial charge is 0.481 e. The zero-order valence-electron chi connectivity index (χ0n) is 24.5. The molecule has 2 aliphatic carbocycles. The molecule has 2 saturated carbocycles. The SMILES string of the molecule is O=C(O)CCNC(=O)c1ccc(C(=O)C(=CC(=O)c2ccc(C3CCCC3)cc2)c2ccc(C3CCCCC3)cc2)cc1. The van der Waals surface area contributed by atoms with Crippen LogP contribution in [0.4, 0.5) is 0 Å². The molecule has 0 spiro atoms. The molecule has 0 aromatic heterocycles. The number of carbonyl (C=O) groups is 4. The van der Waals surface area contributed by atoms with Gasteiger partial charge in [-0.15, -0.1) is 0 Å². The average Bonchev–Trinajstić information content (AvgIpc) is 3.59. The molecule has 3 aromatic carbocycles. The van der Waals surface area contributed by atoms with Crippen LogP contribution in [0.3, 0.4) is 0 Å². The summed E-state index contributed by atoms with van der Waals surface area (Å²) in [7, 11) is 0. The maximum atomic E-state index is 13.9. The Kier molecular flexibility index (Phi) is 9.98. The van der Waals surface area contributed by atoms with Crippen molar-refractivity contribution in [2.75, 3.05) is 6.54 Å². The van der Waals surface area contributed by atoms with Gasteiger partial charge in [0.2, 0.25) is 0 Å². The van der Waals surface area contributed by atoms with Crippen LogP contribution in [0.5, 0.6) is 0 Å². The Balaban J connectivity index is 1.40. The molecule has 222 valence electrons. The zero-order chi connectivity index (χ0) is 30.2. The Morgan fingerprint density at radius 2 is 1.09 bits per heavy atom. The van der Waals surface area contributed by atoms with Gasteiger partial charge in [0.1, 0.15) is 0 Å². The van der Waals surface area contributed by atoms with Crippen LogP contribution >= 0.6 is 0 Å². The van der Waals surface area contributed by atoms with E-state index in [1.54, 1.807) is 12.1 Å². The minimum absolute atomic E-state index is 0.0162. The number of hydrogen-bond acceptors (Lipinski definition) is 4. The van der Waals surface area contributed by atoms with E-state index < -0.39 is 11.9 Å². The number of carboxylic acids is 1. The van der Waals surface area contributed by atoms with E-state index in [4.69, 9.17) is 5.11 Å². The molecular weight excluding hydrogens is 538 g/mol. The van der Waals surface area contributed by atoms with Gasteiger partial charge in [0, 0.05) is 28.8 Å². The first-order valence-corrected chi connectivity index (χ1v) is 15.5. The van der Waals surface area contributed by atoms with Crippen LogP contribution in [0, 0.1) is 0 Å². The molecule has 43 heavy (non-hydrogen) atoms. The number of ketones is 2. The van der Waals surface area contributed by atoms with Crippen molar-refractivity contribution in [3.05, 3.63) is 112 Å².